The van der Waals surface area contributed by atoms with E-state index >= 15 is 0 Å². The van der Waals surface area contributed by atoms with E-state index in [9.17, 15) is 4.79 Å². The standard InChI is InChI=1S/C14H17NO2/c1-17-14(16)12-8-5-9-13(12)15-10-11-6-3-2-4-7-11/h2-4,6-8,13,15H,5,9-10H2,1H3/t13-/m0/s1. The minimum atomic E-state index is -0.215. The first kappa shape index (κ1) is 11.9. The van der Waals surface area contributed by atoms with E-state index in [2.05, 4.69) is 17.4 Å². The molecule has 1 aliphatic carbocycles. The molecule has 3 nitrogen and oxygen atoms in total. The number of hydrogen-bond donors (Lipinski definition) is 1. The molecule has 1 atom stereocenters. The van der Waals surface area contributed by atoms with E-state index in [4.69, 9.17) is 4.74 Å². The van der Waals surface area contributed by atoms with Gasteiger partial charge in [0.2, 0.25) is 0 Å². The molecule has 17 heavy (non-hydrogen) atoms. The van der Waals surface area contributed by atoms with Gasteiger partial charge in [0.15, 0.2) is 0 Å². The molecule has 0 fully saturated rings. The highest BCUT2D eigenvalue weighted by Crippen LogP contribution is 2.20. The normalized spacial score (nSPS) is 18.9. The Kier molecular flexibility index (Phi) is 3.94. The fourth-order valence-corrected chi connectivity index (χ4v) is 2.10. The van der Waals surface area contributed by atoms with Crippen LogP contribution in [-0.4, -0.2) is 19.1 Å². The van der Waals surface area contributed by atoms with Crippen molar-refractivity contribution in [2.45, 2.75) is 25.4 Å². The molecule has 0 spiro atoms. The summed E-state index contributed by atoms with van der Waals surface area (Å²) in [5, 5.41) is 3.39. The summed E-state index contributed by atoms with van der Waals surface area (Å²) >= 11 is 0. The van der Waals surface area contributed by atoms with Gasteiger partial charge in [0.1, 0.15) is 0 Å². The number of nitrogens with one attached hydrogen (secondary N) is 1. The number of ether oxygens (including phenoxy) is 1. The second kappa shape index (κ2) is 5.64. The molecule has 1 aliphatic rings. The maximum Gasteiger partial charge on any atom is 0.335 e. The molecule has 90 valence electrons. The summed E-state index contributed by atoms with van der Waals surface area (Å²) in [7, 11) is 1.43. The lowest BCUT2D eigenvalue weighted by Gasteiger charge is -2.15. The molecular formula is C14H17NO2. The second-order valence-electron chi connectivity index (χ2n) is 4.15. The first-order valence-electron chi connectivity index (χ1n) is 5.87. The highest BCUT2D eigenvalue weighted by molar-refractivity contribution is 5.90. The van der Waals surface area contributed by atoms with Crippen LogP contribution in [0.5, 0.6) is 0 Å². The van der Waals surface area contributed by atoms with Crippen LogP contribution < -0.4 is 5.32 Å². The van der Waals surface area contributed by atoms with Crippen molar-refractivity contribution >= 4 is 5.97 Å². The van der Waals surface area contributed by atoms with Crippen LogP contribution in [0.2, 0.25) is 0 Å². The number of hydrogen-bond acceptors (Lipinski definition) is 3. The molecule has 3 heteroatoms. The SMILES string of the molecule is COC(=O)C1=CCC[C@@H]1NCc1ccccc1. The smallest absolute Gasteiger partial charge is 0.335 e. The number of esters is 1. The second-order valence-corrected chi connectivity index (χ2v) is 4.15. The van der Waals surface area contributed by atoms with Gasteiger partial charge in [-0.05, 0) is 18.4 Å². The highest BCUT2D eigenvalue weighted by atomic mass is 16.5. The number of methoxy groups -OCH3 is 1. The molecule has 0 saturated heterocycles. The Labute approximate surface area is 101 Å². The van der Waals surface area contributed by atoms with Crippen LogP contribution in [0.15, 0.2) is 42.0 Å². The van der Waals surface area contributed by atoms with Crippen molar-refractivity contribution in [3.63, 3.8) is 0 Å². The third-order valence-corrected chi connectivity index (χ3v) is 3.01. The molecule has 1 N–H and O–H groups in total. The summed E-state index contributed by atoms with van der Waals surface area (Å²) in [6, 6.07) is 10.3. The Morgan fingerprint density at radius 3 is 2.88 bits per heavy atom. The Morgan fingerprint density at radius 1 is 1.41 bits per heavy atom. The third kappa shape index (κ3) is 2.94. The van der Waals surface area contributed by atoms with Gasteiger partial charge in [-0.15, -0.1) is 0 Å². The van der Waals surface area contributed by atoms with Crippen LogP contribution in [0.1, 0.15) is 18.4 Å². The predicted octanol–water partition coefficient (Wildman–Crippen LogP) is 2.04. The number of carbonyl (C=O) groups excluding carboxylic acids is 1. The molecule has 0 saturated carbocycles. The lowest BCUT2D eigenvalue weighted by Crippen LogP contribution is -2.31. The van der Waals surface area contributed by atoms with Crippen LogP contribution in [0.3, 0.4) is 0 Å². The zero-order chi connectivity index (χ0) is 12.1. The van der Waals surface area contributed by atoms with Crippen LogP contribution in [0.4, 0.5) is 0 Å². The van der Waals surface area contributed by atoms with E-state index in [0.717, 1.165) is 25.0 Å². The van der Waals surface area contributed by atoms with Crippen molar-refractivity contribution in [2.75, 3.05) is 7.11 Å². The number of benzene rings is 1. The average molecular weight is 231 g/mol. The van der Waals surface area contributed by atoms with Gasteiger partial charge in [0, 0.05) is 12.6 Å². The minimum absolute atomic E-state index is 0.127. The van der Waals surface area contributed by atoms with E-state index in [1.165, 1.54) is 12.7 Å². The lowest BCUT2D eigenvalue weighted by atomic mass is 10.1. The number of allylic oxidation sites excluding steroid dienone is 1. The summed E-state index contributed by atoms with van der Waals surface area (Å²) in [5.41, 5.74) is 1.99. The van der Waals surface area contributed by atoms with Gasteiger partial charge in [0.05, 0.1) is 12.7 Å². The minimum Gasteiger partial charge on any atom is -0.466 e. The fourth-order valence-electron chi connectivity index (χ4n) is 2.10. The maximum absolute atomic E-state index is 11.5. The third-order valence-electron chi connectivity index (χ3n) is 3.01. The first-order valence-corrected chi connectivity index (χ1v) is 5.87. The van der Waals surface area contributed by atoms with Crippen molar-refractivity contribution in [3.8, 4) is 0 Å². The zero-order valence-corrected chi connectivity index (χ0v) is 9.98. The molecule has 2 rings (SSSR count). The Bertz CT molecular complexity index is 411. The van der Waals surface area contributed by atoms with Crippen molar-refractivity contribution in [2.24, 2.45) is 0 Å². The molecule has 0 amide bonds. The summed E-state index contributed by atoms with van der Waals surface area (Å²) in [6.45, 7) is 0.778. The molecule has 0 bridgehead atoms. The Balaban J connectivity index is 1.92. The average Bonchev–Trinajstić information content (AvgIpc) is 2.85. The van der Waals surface area contributed by atoms with Gasteiger partial charge in [-0.1, -0.05) is 36.4 Å². The van der Waals surface area contributed by atoms with Crippen molar-refractivity contribution in [1.82, 2.24) is 5.32 Å². The van der Waals surface area contributed by atoms with Gasteiger partial charge in [-0.25, -0.2) is 4.79 Å². The van der Waals surface area contributed by atoms with Crippen LogP contribution in [0.25, 0.3) is 0 Å². The van der Waals surface area contributed by atoms with Crippen molar-refractivity contribution < 1.29 is 9.53 Å². The molecule has 0 aliphatic heterocycles. The summed E-state index contributed by atoms with van der Waals surface area (Å²) in [6.07, 6.45) is 3.88. The van der Waals surface area contributed by atoms with E-state index in [1.54, 1.807) is 0 Å². The van der Waals surface area contributed by atoms with E-state index < -0.39 is 0 Å². The first-order chi connectivity index (χ1) is 8.31. The van der Waals surface area contributed by atoms with E-state index in [-0.39, 0.29) is 12.0 Å². The monoisotopic (exact) mass is 231 g/mol. The Morgan fingerprint density at radius 2 is 2.18 bits per heavy atom. The summed E-state index contributed by atoms with van der Waals surface area (Å²) in [4.78, 5) is 11.5. The summed E-state index contributed by atoms with van der Waals surface area (Å²) in [5.74, 6) is -0.215. The predicted molar refractivity (Wildman–Crippen MR) is 66.4 cm³/mol. The number of rotatable bonds is 4. The molecule has 0 aromatic heterocycles. The van der Waals surface area contributed by atoms with Gasteiger partial charge in [-0.3, -0.25) is 0 Å². The van der Waals surface area contributed by atoms with Gasteiger partial charge < -0.3 is 10.1 Å². The van der Waals surface area contributed by atoms with Crippen molar-refractivity contribution in [1.29, 1.82) is 0 Å². The highest BCUT2D eigenvalue weighted by Gasteiger charge is 2.24. The van der Waals surface area contributed by atoms with Gasteiger partial charge in [0.25, 0.3) is 0 Å². The molecule has 1 aromatic rings. The molecule has 0 heterocycles. The fraction of sp³-hybridized carbons (Fsp3) is 0.357. The van der Waals surface area contributed by atoms with Gasteiger partial charge in [-0.2, -0.15) is 0 Å². The van der Waals surface area contributed by atoms with Crippen LogP contribution in [0, 0.1) is 0 Å². The zero-order valence-electron chi connectivity index (χ0n) is 9.98. The number of carbonyl (C=O) groups is 1. The van der Waals surface area contributed by atoms with Crippen LogP contribution in [-0.2, 0) is 16.1 Å². The maximum atomic E-state index is 11.5. The van der Waals surface area contributed by atoms with E-state index in [1.807, 2.05) is 24.3 Å². The van der Waals surface area contributed by atoms with Gasteiger partial charge >= 0.3 is 5.97 Å². The molecule has 0 radical (unpaired) electrons. The largest absolute Gasteiger partial charge is 0.466 e. The van der Waals surface area contributed by atoms with Crippen molar-refractivity contribution in [3.05, 3.63) is 47.5 Å². The van der Waals surface area contributed by atoms with Crippen LogP contribution >= 0.6 is 0 Å². The molecular weight excluding hydrogens is 214 g/mol. The quantitative estimate of drug-likeness (QED) is 0.806. The Hall–Kier alpha value is -1.61. The molecule has 1 aromatic carbocycles. The summed E-state index contributed by atoms with van der Waals surface area (Å²) < 4.78 is 4.77. The van der Waals surface area contributed by atoms with E-state index in [0.29, 0.717) is 0 Å². The lowest BCUT2D eigenvalue weighted by molar-refractivity contribution is -0.136. The molecule has 0 unspecified atom stereocenters. The topological polar surface area (TPSA) is 38.3 Å².